The molecule has 1 N–H and O–H groups in total. The highest BCUT2D eigenvalue weighted by molar-refractivity contribution is 7.58. The Morgan fingerprint density at radius 2 is 2.20 bits per heavy atom. The summed E-state index contributed by atoms with van der Waals surface area (Å²) in [5.41, 5.74) is 0. The standard InChI is InChI=1S/C6H15O3P/c1-4-5-6(7)10(3,8)9-2/h6-7H,4-5H2,1-3H3. The maximum atomic E-state index is 11.2. The van der Waals surface area contributed by atoms with Gasteiger partial charge in [-0.1, -0.05) is 13.3 Å². The number of hydrogen-bond donors (Lipinski definition) is 1. The van der Waals surface area contributed by atoms with E-state index in [4.69, 9.17) is 0 Å². The van der Waals surface area contributed by atoms with E-state index in [1.807, 2.05) is 6.92 Å². The van der Waals surface area contributed by atoms with Gasteiger partial charge in [0.15, 0.2) is 0 Å². The molecule has 0 spiro atoms. The SMILES string of the molecule is CCCC(O)P(C)(=O)OC. The van der Waals surface area contributed by atoms with Crippen LogP contribution in [0.4, 0.5) is 0 Å². The number of aliphatic hydroxyl groups is 1. The van der Waals surface area contributed by atoms with Crippen LogP contribution < -0.4 is 0 Å². The van der Waals surface area contributed by atoms with E-state index in [9.17, 15) is 9.67 Å². The summed E-state index contributed by atoms with van der Waals surface area (Å²) in [7, 11) is -1.36. The second-order valence-corrected chi connectivity index (χ2v) is 5.14. The number of hydrogen-bond acceptors (Lipinski definition) is 3. The summed E-state index contributed by atoms with van der Waals surface area (Å²) in [5.74, 6) is -0.789. The van der Waals surface area contributed by atoms with Crippen molar-refractivity contribution in [3.05, 3.63) is 0 Å². The van der Waals surface area contributed by atoms with E-state index < -0.39 is 13.2 Å². The monoisotopic (exact) mass is 166 g/mol. The molecule has 0 amide bonds. The second kappa shape index (κ2) is 4.12. The van der Waals surface area contributed by atoms with Gasteiger partial charge in [-0.05, 0) is 6.42 Å². The summed E-state index contributed by atoms with van der Waals surface area (Å²) in [6.45, 7) is 3.38. The van der Waals surface area contributed by atoms with E-state index in [-0.39, 0.29) is 0 Å². The molecule has 10 heavy (non-hydrogen) atoms. The second-order valence-electron chi connectivity index (χ2n) is 2.36. The molecule has 2 atom stereocenters. The molecule has 0 saturated carbocycles. The summed E-state index contributed by atoms with van der Waals surface area (Å²) in [4.78, 5) is 0. The molecule has 0 aliphatic heterocycles. The first kappa shape index (κ1) is 10.2. The Balaban J connectivity index is 3.91. The molecule has 3 nitrogen and oxygen atoms in total. The Hall–Kier alpha value is 0.150. The van der Waals surface area contributed by atoms with E-state index in [0.717, 1.165) is 6.42 Å². The fourth-order valence-corrected chi connectivity index (χ4v) is 1.58. The zero-order valence-electron chi connectivity index (χ0n) is 6.70. The highest BCUT2D eigenvalue weighted by atomic mass is 31.2. The van der Waals surface area contributed by atoms with Crippen molar-refractivity contribution in [1.29, 1.82) is 0 Å². The van der Waals surface area contributed by atoms with Gasteiger partial charge >= 0.3 is 0 Å². The van der Waals surface area contributed by atoms with E-state index in [1.165, 1.54) is 13.8 Å². The van der Waals surface area contributed by atoms with Gasteiger partial charge in [0.2, 0.25) is 7.37 Å². The third kappa shape index (κ3) is 2.82. The summed E-state index contributed by atoms with van der Waals surface area (Å²) in [6, 6.07) is 0. The predicted molar refractivity (Wildman–Crippen MR) is 41.5 cm³/mol. The van der Waals surface area contributed by atoms with Crippen LogP contribution in [0.2, 0.25) is 0 Å². The maximum Gasteiger partial charge on any atom is 0.227 e. The first-order valence-electron chi connectivity index (χ1n) is 3.35. The van der Waals surface area contributed by atoms with Crippen molar-refractivity contribution < 1.29 is 14.2 Å². The molecular formula is C6H15O3P. The van der Waals surface area contributed by atoms with Gasteiger partial charge in [-0.2, -0.15) is 0 Å². The van der Waals surface area contributed by atoms with E-state index >= 15 is 0 Å². The predicted octanol–water partition coefficient (Wildman–Crippen LogP) is 1.66. The minimum Gasteiger partial charge on any atom is -0.383 e. The van der Waals surface area contributed by atoms with Crippen molar-refractivity contribution in [2.75, 3.05) is 13.8 Å². The Kier molecular flexibility index (Phi) is 4.18. The van der Waals surface area contributed by atoms with Gasteiger partial charge in [0.05, 0.1) is 0 Å². The number of aliphatic hydroxyl groups excluding tert-OH is 1. The maximum absolute atomic E-state index is 11.2. The Morgan fingerprint density at radius 1 is 1.70 bits per heavy atom. The first-order chi connectivity index (χ1) is 4.54. The molecular weight excluding hydrogens is 151 g/mol. The van der Waals surface area contributed by atoms with Crippen LogP contribution in [-0.2, 0) is 9.09 Å². The van der Waals surface area contributed by atoms with Crippen molar-refractivity contribution in [3.63, 3.8) is 0 Å². The molecule has 0 fully saturated rings. The van der Waals surface area contributed by atoms with Crippen molar-refractivity contribution in [2.45, 2.75) is 25.6 Å². The smallest absolute Gasteiger partial charge is 0.227 e. The van der Waals surface area contributed by atoms with Gasteiger partial charge in [0, 0.05) is 13.8 Å². The minimum atomic E-state index is -2.73. The molecule has 0 saturated heterocycles. The topological polar surface area (TPSA) is 46.5 Å². The molecule has 0 aromatic heterocycles. The third-order valence-electron chi connectivity index (χ3n) is 1.45. The van der Waals surface area contributed by atoms with Crippen molar-refractivity contribution in [1.82, 2.24) is 0 Å². The van der Waals surface area contributed by atoms with Gasteiger partial charge in [0.1, 0.15) is 5.85 Å². The summed E-state index contributed by atoms with van der Waals surface area (Å²) < 4.78 is 15.9. The molecule has 0 aromatic carbocycles. The summed E-state index contributed by atoms with van der Waals surface area (Å²) >= 11 is 0. The highest BCUT2D eigenvalue weighted by Gasteiger charge is 2.24. The molecule has 62 valence electrons. The van der Waals surface area contributed by atoms with Gasteiger partial charge in [-0.25, -0.2) is 0 Å². The van der Waals surface area contributed by atoms with E-state index in [0.29, 0.717) is 6.42 Å². The molecule has 0 aliphatic rings. The van der Waals surface area contributed by atoms with Gasteiger partial charge in [-0.15, -0.1) is 0 Å². The van der Waals surface area contributed by atoms with Crippen LogP contribution in [0, 0.1) is 0 Å². The zero-order valence-corrected chi connectivity index (χ0v) is 7.60. The largest absolute Gasteiger partial charge is 0.383 e. The van der Waals surface area contributed by atoms with Gasteiger partial charge in [0.25, 0.3) is 0 Å². The third-order valence-corrected chi connectivity index (χ3v) is 3.52. The summed E-state index contributed by atoms with van der Waals surface area (Å²) in [5, 5.41) is 9.19. The van der Waals surface area contributed by atoms with Gasteiger partial charge < -0.3 is 9.63 Å². The minimum absolute atomic E-state index is 0.543. The lowest BCUT2D eigenvalue weighted by atomic mass is 10.4. The van der Waals surface area contributed by atoms with E-state index in [2.05, 4.69) is 4.52 Å². The average Bonchev–Trinajstić information content (AvgIpc) is 1.89. The summed E-state index contributed by atoms with van der Waals surface area (Å²) in [6.07, 6.45) is 1.37. The van der Waals surface area contributed by atoms with Crippen LogP contribution in [0.1, 0.15) is 19.8 Å². The Morgan fingerprint density at radius 3 is 2.50 bits per heavy atom. The van der Waals surface area contributed by atoms with Crippen molar-refractivity contribution in [2.24, 2.45) is 0 Å². The van der Waals surface area contributed by atoms with Crippen molar-refractivity contribution >= 4 is 7.37 Å². The molecule has 2 unspecified atom stereocenters. The van der Waals surface area contributed by atoms with Crippen LogP contribution in [0.5, 0.6) is 0 Å². The number of rotatable bonds is 4. The highest BCUT2D eigenvalue weighted by Crippen LogP contribution is 2.47. The Labute approximate surface area is 61.8 Å². The zero-order chi connectivity index (χ0) is 8.20. The molecule has 0 aliphatic carbocycles. The molecule has 0 aromatic rings. The molecule has 4 heteroatoms. The van der Waals surface area contributed by atoms with Crippen LogP contribution in [0.15, 0.2) is 0 Å². The molecule has 0 radical (unpaired) electrons. The average molecular weight is 166 g/mol. The quantitative estimate of drug-likeness (QED) is 0.646. The lowest BCUT2D eigenvalue weighted by molar-refractivity contribution is 0.212. The fourth-order valence-electron chi connectivity index (χ4n) is 0.614. The van der Waals surface area contributed by atoms with Crippen molar-refractivity contribution in [3.8, 4) is 0 Å². The van der Waals surface area contributed by atoms with Crippen LogP contribution in [-0.4, -0.2) is 24.7 Å². The van der Waals surface area contributed by atoms with Crippen LogP contribution in [0.25, 0.3) is 0 Å². The van der Waals surface area contributed by atoms with Crippen LogP contribution >= 0.6 is 7.37 Å². The molecule has 0 heterocycles. The lowest BCUT2D eigenvalue weighted by Gasteiger charge is -2.16. The molecule has 0 bridgehead atoms. The fraction of sp³-hybridized carbons (Fsp3) is 1.00. The normalized spacial score (nSPS) is 20.0. The van der Waals surface area contributed by atoms with Crippen LogP contribution in [0.3, 0.4) is 0 Å². The first-order valence-corrected chi connectivity index (χ1v) is 5.49. The Bertz CT molecular complexity index is 135. The van der Waals surface area contributed by atoms with E-state index in [1.54, 1.807) is 0 Å². The van der Waals surface area contributed by atoms with Gasteiger partial charge in [-0.3, -0.25) is 4.57 Å². The molecule has 0 rings (SSSR count). The lowest BCUT2D eigenvalue weighted by Crippen LogP contribution is -2.07.